The third-order valence-electron chi connectivity index (χ3n) is 4.24. The van der Waals surface area contributed by atoms with E-state index in [1.165, 1.54) is 6.07 Å². The zero-order chi connectivity index (χ0) is 21.9. The normalized spacial score (nSPS) is 15.0. The molecule has 1 aromatic carbocycles. The van der Waals surface area contributed by atoms with Crippen LogP contribution in [0, 0.1) is 5.41 Å². The van der Waals surface area contributed by atoms with E-state index < -0.39 is 15.4 Å². The summed E-state index contributed by atoms with van der Waals surface area (Å²) < 4.78 is 32.9. The van der Waals surface area contributed by atoms with E-state index in [0.717, 1.165) is 11.3 Å². The zero-order valence-corrected chi connectivity index (χ0v) is 18.5. The molecule has 162 valence electrons. The number of carbonyl (C=O) groups is 2. The Labute approximate surface area is 178 Å². The Morgan fingerprint density at radius 3 is 2.47 bits per heavy atom. The lowest BCUT2D eigenvalue weighted by molar-refractivity contribution is -0.123. The fourth-order valence-corrected chi connectivity index (χ4v) is 4.51. The van der Waals surface area contributed by atoms with Crippen molar-refractivity contribution in [2.24, 2.45) is 5.41 Å². The fraction of sp³-hybridized carbons (Fsp3) is 0.444. The molecule has 0 bridgehead atoms. The molecule has 0 aliphatic carbocycles. The van der Waals surface area contributed by atoms with Gasteiger partial charge in [-0.1, -0.05) is 44.2 Å². The Morgan fingerprint density at radius 1 is 1.13 bits per heavy atom. The minimum Gasteiger partial charge on any atom is -0.378 e. The Morgan fingerprint density at radius 2 is 1.80 bits per heavy atom. The van der Waals surface area contributed by atoms with Crippen LogP contribution in [0.1, 0.15) is 31.1 Å². The molecule has 0 unspecified atom stereocenters. The molecule has 10 nitrogen and oxygen atoms in total. The molecule has 2 amide bonds. The molecular weight excluding hydrogens is 430 g/mol. The van der Waals surface area contributed by atoms with E-state index >= 15 is 0 Å². The molecule has 0 atom stereocenters. The molecule has 1 fully saturated rings. The van der Waals surface area contributed by atoms with Crippen molar-refractivity contribution < 1.29 is 22.7 Å². The average molecular weight is 454 g/mol. The van der Waals surface area contributed by atoms with Gasteiger partial charge in [-0.05, 0) is 12.1 Å². The van der Waals surface area contributed by atoms with Gasteiger partial charge in [-0.2, -0.15) is 8.42 Å². The van der Waals surface area contributed by atoms with E-state index in [-0.39, 0.29) is 32.5 Å². The molecule has 3 rings (SSSR count). The number of aromatic nitrogens is 2. The van der Waals surface area contributed by atoms with Gasteiger partial charge in [-0.15, -0.1) is 10.2 Å². The number of para-hydroxylation sites is 1. The molecule has 1 aromatic heterocycles. The molecular formula is C18H23N5O5S2. The summed E-state index contributed by atoms with van der Waals surface area (Å²) in [6.45, 7) is 6.93. The van der Waals surface area contributed by atoms with Crippen LogP contribution in [0.5, 0.6) is 0 Å². The second-order valence-electron chi connectivity index (χ2n) is 7.63. The summed E-state index contributed by atoms with van der Waals surface area (Å²) in [7, 11) is -4.10. The Balaban J connectivity index is 1.79. The van der Waals surface area contributed by atoms with Gasteiger partial charge in [-0.25, -0.2) is 0 Å². The number of rotatable bonds is 5. The molecule has 2 heterocycles. The first-order chi connectivity index (χ1) is 14.1. The summed E-state index contributed by atoms with van der Waals surface area (Å²) in [5.41, 5.74) is -0.292. The zero-order valence-electron chi connectivity index (χ0n) is 16.8. The SMILES string of the molecule is CC(C)(C)C(=O)Nc1nnc(S(=O)(=O)Nc2ccccc2C(=O)N2CCOCC2)s1. The molecule has 0 radical (unpaired) electrons. The lowest BCUT2D eigenvalue weighted by atomic mass is 9.96. The number of carbonyl (C=O) groups excluding carboxylic acids is 2. The summed E-state index contributed by atoms with van der Waals surface area (Å²) >= 11 is 0.729. The summed E-state index contributed by atoms with van der Waals surface area (Å²) in [5.74, 6) is -0.594. The molecule has 12 heteroatoms. The summed E-state index contributed by atoms with van der Waals surface area (Å²) in [6, 6.07) is 6.36. The highest BCUT2D eigenvalue weighted by molar-refractivity contribution is 7.94. The van der Waals surface area contributed by atoms with Crippen LogP contribution < -0.4 is 10.0 Å². The van der Waals surface area contributed by atoms with Crippen molar-refractivity contribution in [2.75, 3.05) is 36.3 Å². The lowest BCUT2D eigenvalue weighted by Crippen LogP contribution is -2.41. The maximum atomic E-state index is 12.8. The first kappa shape index (κ1) is 22.1. The minimum absolute atomic E-state index is 0.0768. The topological polar surface area (TPSA) is 131 Å². The molecule has 1 aliphatic heterocycles. The molecule has 2 N–H and O–H groups in total. The average Bonchev–Trinajstić information content (AvgIpc) is 3.17. The largest absolute Gasteiger partial charge is 0.378 e. The van der Waals surface area contributed by atoms with E-state index in [9.17, 15) is 18.0 Å². The van der Waals surface area contributed by atoms with Crippen LogP contribution in [0.3, 0.4) is 0 Å². The number of benzene rings is 1. The standard InChI is InChI=1S/C18H23N5O5S2/c1-18(2,3)15(25)19-16-20-21-17(29-16)30(26,27)22-13-7-5-4-6-12(13)14(24)23-8-10-28-11-9-23/h4-7,22H,8-11H2,1-3H3,(H,19,20,25). The van der Waals surface area contributed by atoms with Crippen molar-refractivity contribution >= 4 is 44.0 Å². The van der Waals surface area contributed by atoms with Crippen LogP contribution >= 0.6 is 11.3 Å². The Bertz CT molecular complexity index is 1040. The van der Waals surface area contributed by atoms with Crippen molar-refractivity contribution in [3.8, 4) is 0 Å². The van der Waals surface area contributed by atoms with Gasteiger partial charge in [0.25, 0.3) is 20.3 Å². The van der Waals surface area contributed by atoms with Gasteiger partial charge in [0, 0.05) is 18.5 Å². The molecule has 1 saturated heterocycles. The van der Waals surface area contributed by atoms with Crippen LogP contribution in [0.2, 0.25) is 0 Å². The first-order valence-corrected chi connectivity index (χ1v) is 11.5. The van der Waals surface area contributed by atoms with Gasteiger partial charge in [0.2, 0.25) is 11.0 Å². The second kappa shape index (κ2) is 8.66. The predicted molar refractivity (Wildman–Crippen MR) is 112 cm³/mol. The second-order valence-corrected chi connectivity index (χ2v) is 10.5. The van der Waals surface area contributed by atoms with Gasteiger partial charge in [-0.3, -0.25) is 14.3 Å². The van der Waals surface area contributed by atoms with Gasteiger partial charge in [0.1, 0.15) is 0 Å². The third kappa shape index (κ3) is 5.12. The minimum atomic E-state index is -4.10. The number of nitrogens with one attached hydrogen (secondary N) is 2. The van der Waals surface area contributed by atoms with Crippen LogP contribution in [0.15, 0.2) is 28.6 Å². The number of nitrogens with zero attached hydrogens (tertiary/aromatic N) is 3. The number of morpholine rings is 1. The molecule has 0 spiro atoms. The van der Waals surface area contributed by atoms with Crippen molar-refractivity contribution in [1.29, 1.82) is 0 Å². The van der Waals surface area contributed by atoms with E-state index in [1.54, 1.807) is 43.9 Å². The number of amides is 2. The van der Waals surface area contributed by atoms with Gasteiger partial charge >= 0.3 is 0 Å². The van der Waals surface area contributed by atoms with Gasteiger partial charge in [0.05, 0.1) is 24.5 Å². The number of hydrogen-bond donors (Lipinski definition) is 2. The number of anilines is 2. The first-order valence-electron chi connectivity index (χ1n) is 9.22. The van der Waals surface area contributed by atoms with Gasteiger partial charge in [0.15, 0.2) is 0 Å². The van der Waals surface area contributed by atoms with E-state index in [1.807, 2.05) is 0 Å². The van der Waals surface area contributed by atoms with E-state index in [0.29, 0.717) is 26.3 Å². The summed E-state index contributed by atoms with van der Waals surface area (Å²) in [4.78, 5) is 26.5. The monoisotopic (exact) mass is 453 g/mol. The molecule has 1 aliphatic rings. The van der Waals surface area contributed by atoms with Crippen molar-refractivity contribution in [2.45, 2.75) is 25.1 Å². The summed E-state index contributed by atoms with van der Waals surface area (Å²) in [6.07, 6.45) is 0. The highest BCUT2D eigenvalue weighted by Crippen LogP contribution is 2.26. The van der Waals surface area contributed by atoms with Crippen LogP contribution in [-0.2, 0) is 19.6 Å². The Kier molecular flexibility index (Phi) is 6.38. The molecule has 30 heavy (non-hydrogen) atoms. The van der Waals surface area contributed by atoms with E-state index in [4.69, 9.17) is 4.74 Å². The van der Waals surface area contributed by atoms with Crippen molar-refractivity contribution in [3.05, 3.63) is 29.8 Å². The maximum absolute atomic E-state index is 12.8. The smallest absolute Gasteiger partial charge is 0.291 e. The highest BCUT2D eigenvalue weighted by atomic mass is 32.2. The van der Waals surface area contributed by atoms with Crippen LogP contribution in [0.4, 0.5) is 10.8 Å². The van der Waals surface area contributed by atoms with Crippen molar-refractivity contribution in [1.82, 2.24) is 15.1 Å². The highest BCUT2D eigenvalue weighted by Gasteiger charge is 2.27. The van der Waals surface area contributed by atoms with Gasteiger partial charge < -0.3 is 15.0 Å². The third-order valence-corrected chi connectivity index (χ3v) is 6.81. The quantitative estimate of drug-likeness (QED) is 0.660. The molecule has 0 saturated carbocycles. The Hall–Kier alpha value is -2.57. The van der Waals surface area contributed by atoms with Crippen LogP contribution in [0.25, 0.3) is 0 Å². The van der Waals surface area contributed by atoms with Crippen LogP contribution in [-0.4, -0.2) is 61.6 Å². The van der Waals surface area contributed by atoms with Crippen molar-refractivity contribution in [3.63, 3.8) is 0 Å². The number of sulfonamides is 1. The number of ether oxygens (including phenoxy) is 1. The fourth-order valence-electron chi connectivity index (χ4n) is 2.54. The number of hydrogen-bond acceptors (Lipinski definition) is 8. The lowest BCUT2D eigenvalue weighted by Gasteiger charge is -2.27. The maximum Gasteiger partial charge on any atom is 0.291 e. The van der Waals surface area contributed by atoms with E-state index in [2.05, 4.69) is 20.2 Å². The summed E-state index contributed by atoms with van der Waals surface area (Å²) in [5, 5.41) is 10.0. The molecule has 2 aromatic rings. The predicted octanol–water partition coefficient (Wildman–Crippen LogP) is 1.80.